The summed E-state index contributed by atoms with van der Waals surface area (Å²) in [6, 6.07) is 9.41. The van der Waals surface area contributed by atoms with Crippen LogP contribution in [0.4, 0.5) is 5.69 Å². The van der Waals surface area contributed by atoms with Crippen LogP contribution in [0.3, 0.4) is 0 Å². The molecule has 1 aliphatic rings. The number of piperidine rings is 1. The van der Waals surface area contributed by atoms with E-state index < -0.39 is 0 Å². The van der Waals surface area contributed by atoms with Crippen LogP contribution in [0.15, 0.2) is 24.3 Å². The third-order valence-corrected chi connectivity index (χ3v) is 4.32. The van der Waals surface area contributed by atoms with E-state index in [-0.39, 0.29) is 0 Å². The Morgan fingerprint density at radius 3 is 2.58 bits per heavy atom. The molecule has 1 aromatic rings. The van der Waals surface area contributed by atoms with Gasteiger partial charge in [-0.3, -0.25) is 4.90 Å². The molecular weight excluding hydrogens is 234 g/mol. The van der Waals surface area contributed by atoms with Crippen LogP contribution in [-0.4, -0.2) is 38.6 Å². The zero-order valence-electron chi connectivity index (χ0n) is 12.5. The van der Waals surface area contributed by atoms with Gasteiger partial charge in [0.05, 0.1) is 0 Å². The van der Waals surface area contributed by atoms with Gasteiger partial charge in [0.2, 0.25) is 0 Å². The SMILES string of the molecule is CC(c1ccc(N(C)C)cc1)N1CCCC(CN)C1. The quantitative estimate of drug-likeness (QED) is 0.904. The predicted octanol–water partition coefficient (Wildman–Crippen LogP) is 2.48. The van der Waals surface area contributed by atoms with Gasteiger partial charge >= 0.3 is 0 Å². The van der Waals surface area contributed by atoms with E-state index in [0.717, 1.165) is 13.1 Å². The third-order valence-electron chi connectivity index (χ3n) is 4.32. The monoisotopic (exact) mass is 261 g/mol. The number of benzene rings is 1. The summed E-state index contributed by atoms with van der Waals surface area (Å²) in [5, 5.41) is 0. The second-order valence-corrected chi connectivity index (χ2v) is 5.90. The van der Waals surface area contributed by atoms with Crippen molar-refractivity contribution in [3.05, 3.63) is 29.8 Å². The molecule has 0 amide bonds. The molecule has 106 valence electrons. The van der Waals surface area contributed by atoms with Gasteiger partial charge in [-0.25, -0.2) is 0 Å². The first kappa shape index (κ1) is 14.4. The number of hydrogen-bond acceptors (Lipinski definition) is 3. The van der Waals surface area contributed by atoms with Crippen molar-refractivity contribution < 1.29 is 0 Å². The van der Waals surface area contributed by atoms with Gasteiger partial charge in [0.15, 0.2) is 0 Å². The maximum atomic E-state index is 5.83. The number of anilines is 1. The molecule has 3 nitrogen and oxygen atoms in total. The average molecular weight is 261 g/mol. The molecule has 1 heterocycles. The van der Waals surface area contributed by atoms with Crippen LogP contribution in [0.25, 0.3) is 0 Å². The highest BCUT2D eigenvalue weighted by Gasteiger charge is 2.23. The molecule has 0 aliphatic carbocycles. The van der Waals surface area contributed by atoms with E-state index in [9.17, 15) is 0 Å². The van der Waals surface area contributed by atoms with Crippen molar-refractivity contribution in [2.45, 2.75) is 25.8 Å². The molecule has 2 unspecified atom stereocenters. The van der Waals surface area contributed by atoms with E-state index in [1.807, 2.05) is 0 Å². The number of likely N-dealkylation sites (tertiary alicyclic amines) is 1. The fraction of sp³-hybridized carbons (Fsp3) is 0.625. The van der Waals surface area contributed by atoms with Crippen LogP contribution < -0.4 is 10.6 Å². The van der Waals surface area contributed by atoms with Gasteiger partial charge in [-0.05, 0) is 56.5 Å². The highest BCUT2D eigenvalue weighted by molar-refractivity contribution is 5.46. The van der Waals surface area contributed by atoms with Gasteiger partial charge in [0.1, 0.15) is 0 Å². The molecule has 1 aliphatic heterocycles. The van der Waals surface area contributed by atoms with Crippen LogP contribution in [0.2, 0.25) is 0 Å². The zero-order valence-corrected chi connectivity index (χ0v) is 12.5. The molecule has 1 aromatic carbocycles. The molecule has 1 fully saturated rings. The van der Waals surface area contributed by atoms with E-state index in [0.29, 0.717) is 12.0 Å². The van der Waals surface area contributed by atoms with Crippen LogP contribution >= 0.6 is 0 Å². The minimum Gasteiger partial charge on any atom is -0.378 e. The van der Waals surface area contributed by atoms with E-state index >= 15 is 0 Å². The summed E-state index contributed by atoms with van der Waals surface area (Å²) >= 11 is 0. The zero-order chi connectivity index (χ0) is 13.8. The van der Waals surface area contributed by atoms with Crippen molar-refractivity contribution in [1.82, 2.24) is 4.90 Å². The van der Waals surface area contributed by atoms with Crippen molar-refractivity contribution >= 4 is 5.69 Å². The summed E-state index contributed by atoms with van der Waals surface area (Å²) in [7, 11) is 4.16. The molecule has 0 saturated carbocycles. The Kier molecular flexibility index (Phi) is 4.83. The molecular formula is C16H27N3. The minimum absolute atomic E-state index is 0.491. The van der Waals surface area contributed by atoms with Gasteiger partial charge in [-0.2, -0.15) is 0 Å². The number of nitrogens with two attached hydrogens (primary N) is 1. The van der Waals surface area contributed by atoms with E-state index in [1.54, 1.807) is 0 Å². The third kappa shape index (κ3) is 3.48. The lowest BCUT2D eigenvalue weighted by atomic mass is 9.95. The second-order valence-electron chi connectivity index (χ2n) is 5.90. The standard InChI is InChI=1S/C16H27N3/c1-13(19-10-4-5-14(11-17)12-19)15-6-8-16(9-7-15)18(2)3/h6-9,13-14H,4-5,10-12,17H2,1-3H3. The number of rotatable bonds is 4. The molecule has 3 heteroatoms. The fourth-order valence-corrected chi connectivity index (χ4v) is 2.90. The number of nitrogens with zero attached hydrogens (tertiary/aromatic N) is 2. The summed E-state index contributed by atoms with van der Waals surface area (Å²) in [4.78, 5) is 4.71. The largest absolute Gasteiger partial charge is 0.378 e. The van der Waals surface area contributed by atoms with E-state index in [4.69, 9.17) is 5.73 Å². The molecule has 0 bridgehead atoms. The Hall–Kier alpha value is -1.06. The van der Waals surface area contributed by atoms with Gasteiger partial charge in [0, 0.05) is 32.4 Å². The molecule has 19 heavy (non-hydrogen) atoms. The highest BCUT2D eigenvalue weighted by atomic mass is 15.2. The molecule has 0 aromatic heterocycles. The topological polar surface area (TPSA) is 32.5 Å². The Bertz CT molecular complexity index is 385. The Morgan fingerprint density at radius 2 is 2.00 bits per heavy atom. The summed E-state index contributed by atoms with van der Waals surface area (Å²) < 4.78 is 0. The van der Waals surface area contributed by atoms with Crippen molar-refractivity contribution in [2.75, 3.05) is 38.6 Å². The first-order valence-corrected chi connectivity index (χ1v) is 7.33. The van der Waals surface area contributed by atoms with Crippen molar-refractivity contribution in [2.24, 2.45) is 11.7 Å². The summed E-state index contributed by atoms with van der Waals surface area (Å²) in [6.45, 7) is 5.48. The fourth-order valence-electron chi connectivity index (χ4n) is 2.90. The summed E-state index contributed by atoms with van der Waals surface area (Å²) in [5.74, 6) is 0.678. The molecule has 2 rings (SSSR count). The molecule has 2 N–H and O–H groups in total. The van der Waals surface area contributed by atoms with E-state index in [1.165, 1.54) is 30.6 Å². The molecule has 1 saturated heterocycles. The minimum atomic E-state index is 0.491. The van der Waals surface area contributed by atoms with Crippen molar-refractivity contribution in [3.63, 3.8) is 0 Å². The molecule has 0 spiro atoms. The molecule has 2 atom stereocenters. The first-order valence-electron chi connectivity index (χ1n) is 7.33. The van der Waals surface area contributed by atoms with Gasteiger partial charge in [-0.1, -0.05) is 12.1 Å². The van der Waals surface area contributed by atoms with Crippen LogP contribution in [-0.2, 0) is 0 Å². The van der Waals surface area contributed by atoms with Crippen LogP contribution in [0, 0.1) is 5.92 Å². The maximum Gasteiger partial charge on any atom is 0.0361 e. The van der Waals surface area contributed by atoms with E-state index in [2.05, 4.69) is 55.1 Å². The lowest BCUT2D eigenvalue weighted by molar-refractivity contribution is 0.134. The first-order chi connectivity index (χ1) is 9.11. The average Bonchev–Trinajstić information content (AvgIpc) is 2.46. The summed E-state index contributed by atoms with van der Waals surface area (Å²) in [6.07, 6.45) is 2.57. The highest BCUT2D eigenvalue weighted by Crippen LogP contribution is 2.27. The Morgan fingerprint density at radius 1 is 1.32 bits per heavy atom. The van der Waals surface area contributed by atoms with Crippen molar-refractivity contribution in [1.29, 1.82) is 0 Å². The molecule has 0 radical (unpaired) electrons. The Labute approximate surface area is 117 Å². The maximum absolute atomic E-state index is 5.83. The predicted molar refractivity (Wildman–Crippen MR) is 82.5 cm³/mol. The van der Waals surface area contributed by atoms with Crippen LogP contribution in [0.1, 0.15) is 31.4 Å². The lowest BCUT2D eigenvalue weighted by Crippen LogP contribution is -2.39. The normalized spacial score (nSPS) is 22.2. The number of hydrogen-bond donors (Lipinski definition) is 1. The van der Waals surface area contributed by atoms with Crippen molar-refractivity contribution in [3.8, 4) is 0 Å². The second kappa shape index (κ2) is 6.40. The van der Waals surface area contributed by atoms with Gasteiger partial charge < -0.3 is 10.6 Å². The lowest BCUT2D eigenvalue weighted by Gasteiger charge is -2.36. The van der Waals surface area contributed by atoms with Gasteiger partial charge in [-0.15, -0.1) is 0 Å². The Balaban J connectivity index is 2.04. The smallest absolute Gasteiger partial charge is 0.0361 e. The van der Waals surface area contributed by atoms with Crippen LogP contribution in [0.5, 0.6) is 0 Å². The summed E-state index contributed by atoms with van der Waals surface area (Å²) in [5.41, 5.74) is 8.49. The van der Waals surface area contributed by atoms with Gasteiger partial charge in [0.25, 0.3) is 0 Å².